The van der Waals surface area contributed by atoms with Crippen LogP contribution in [0.15, 0.2) is 10.7 Å². The topological polar surface area (TPSA) is 47.0 Å². The molecular formula is C12H20BrN3O. The van der Waals surface area contributed by atoms with Gasteiger partial charge in [-0.3, -0.25) is 0 Å². The maximum Gasteiger partial charge on any atom is 0.232 e. The van der Waals surface area contributed by atoms with Gasteiger partial charge in [0.05, 0.1) is 17.8 Å². The van der Waals surface area contributed by atoms with Crippen molar-refractivity contribution in [3.05, 3.63) is 10.7 Å². The minimum atomic E-state index is 0.357. The minimum absolute atomic E-state index is 0.357. The van der Waals surface area contributed by atoms with Gasteiger partial charge >= 0.3 is 0 Å². The summed E-state index contributed by atoms with van der Waals surface area (Å²) < 4.78 is 5.91. The number of anilines is 1. The number of aromatic nitrogens is 2. The van der Waals surface area contributed by atoms with Crippen molar-refractivity contribution in [3.63, 3.8) is 0 Å². The molecule has 1 atom stereocenters. The summed E-state index contributed by atoms with van der Waals surface area (Å²) in [5.41, 5.74) is 0. The molecule has 1 unspecified atom stereocenters. The molecule has 1 N–H and O–H groups in total. The van der Waals surface area contributed by atoms with Gasteiger partial charge in [0.2, 0.25) is 11.8 Å². The number of methoxy groups -OCH3 is 1. The van der Waals surface area contributed by atoms with Crippen LogP contribution in [0, 0.1) is 5.92 Å². The highest BCUT2D eigenvalue weighted by Crippen LogP contribution is 2.23. The van der Waals surface area contributed by atoms with Crippen molar-refractivity contribution in [1.29, 1.82) is 0 Å². The molecule has 0 saturated carbocycles. The van der Waals surface area contributed by atoms with Crippen molar-refractivity contribution in [2.24, 2.45) is 5.92 Å². The maximum absolute atomic E-state index is 5.14. The van der Waals surface area contributed by atoms with E-state index in [2.05, 4.69) is 52.0 Å². The normalized spacial score (nSPS) is 12.6. The Balaban J connectivity index is 2.74. The molecule has 0 fully saturated rings. The van der Waals surface area contributed by atoms with Gasteiger partial charge in [0, 0.05) is 6.04 Å². The van der Waals surface area contributed by atoms with Crippen molar-refractivity contribution in [2.75, 3.05) is 12.4 Å². The number of halogens is 1. The van der Waals surface area contributed by atoms with E-state index >= 15 is 0 Å². The molecule has 0 aliphatic carbocycles. The van der Waals surface area contributed by atoms with Gasteiger partial charge in [-0.1, -0.05) is 26.7 Å². The van der Waals surface area contributed by atoms with E-state index in [0.29, 0.717) is 23.8 Å². The van der Waals surface area contributed by atoms with Gasteiger partial charge in [0.25, 0.3) is 0 Å². The number of rotatable bonds is 6. The maximum atomic E-state index is 5.14. The molecule has 0 aliphatic rings. The molecule has 1 rings (SSSR count). The van der Waals surface area contributed by atoms with Crippen LogP contribution in [0.25, 0.3) is 0 Å². The molecule has 0 radical (unpaired) electrons. The van der Waals surface area contributed by atoms with E-state index in [0.717, 1.165) is 17.3 Å². The molecule has 17 heavy (non-hydrogen) atoms. The van der Waals surface area contributed by atoms with E-state index < -0.39 is 0 Å². The first-order valence-electron chi connectivity index (χ1n) is 5.95. The Morgan fingerprint density at radius 1 is 1.41 bits per heavy atom. The smallest absolute Gasteiger partial charge is 0.232 e. The van der Waals surface area contributed by atoms with Crippen molar-refractivity contribution in [2.45, 2.75) is 39.7 Å². The zero-order valence-corrected chi connectivity index (χ0v) is 12.4. The molecule has 96 valence electrons. The number of nitrogens with zero attached hydrogens (tertiary/aromatic N) is 2. The van der Waals surface area contributed by atoms with Crippen LogP contribution in [0.1, 0.15) is 33.6 Å². The third kappa shape index (κ3) is 3.84. The molecule has 0 bridgehead atoms. The Morgan fingerprint density at radius 3 is 2.59 bits per heavy atom. The lowest BCUT2D eigenvalue weighted by Gasteiger charge is -2.22. The van der Waals surface area contributed by atoms with E-state index in [9.17, 15) is 0 Å². The number of ether oxygens (including phenoxy) is 1. The number of hydrogen-bond acceptors (Lipinski definition) is 4. The van der Waals surface area contributed by atoms with Crippen LogP contribution in [0.3, 0.4) is 0 Å². The molecule has 0 amide bonds. The molecule has 1 aromatic heterocycles. The fraction of sp³-hybridized carbons (Fsp3) is 0.667. The summed E-state index contributed by atoms with van der Waals surface area (Å²) in [4.78, 5) is 8.52. The van der Waals surface area contributed by atoms with Gasteiger partial charge in [-0.15, -0.1) is 0 Å². The highest BCUT2D eigenvalue weighted by atomic mass is 79.9. The Kier molecular flexibility index (Phi) is 5.68. The largest absolute Gasteiger partial charge is 0.480 e. The zero-order valence-electron chi connectivity index (χ0n) is 10.8. The third-order valence-electron chi connectivity index (χ3n) is 3.02. The molecule has 0 spiro atoms. The van der Waals surface area contributed by atoms with Gasteiger partial charge in [-0.2, -0.15) is 4.98 Å². The Labute approximate surface area is 111 Å². The molecule has 1 aromatic rings. The molecule has 1 heterocycles. The summed E-state index contributed by atoms with van der Waals surface area (Å²) in [6, 6.07) is 0.357. The molecule has 0 aliphatic heterocycles. The van der Waals surface area contributed by atoms with E-state index in [4.69, 9.17) is 4.74 Å². The van der Waals surface area contributed by atoms with Gasteiger partial charge in [0.15, 0.2) is 0 Å². The monoisotopic (exact) mass is 301 g/mol. The second-order valence-electron chi connectivity index (χ2n) is 4.06. The Morgan fingerprint density at radius 2 is 2.06 bits per heavy atom. The lowest BCUT2D eigenvalue weighted by atomic mass is 9.96. The highest BCUT2D eigenvalue weighted by Gasteiger charge is 2.15. The van der Waals surface area contributed by atoms with Crippen molar-refractivity contribution < 1.29 is 4.74 Å². The van der Waals surface area contributed by atoms with Crippen LogP contribution >= 0.6 is 15.9 Å². The number of nitrogens with one attached hydrogen (secondary N) is 1. The van der Waals surface area contributed by atoms with Crippen LogP contribution in [0.4, 0.5) is 5.95 Å². The molecule has 4 nitrogen and oxygen atoms in total. The first-order valence-corrected chi connectivity index (χ1v) is 6.74. The van der Waals surface area contributed by atoms with Crippen LogP contribution in [0.2, 0.25) is 0 Å². The Bertz CT molecular complexity index is 356. The first-order chi connectivity index (χ1) is 8.12. The Hall–Kier alpha value is -0.840. The molecular weight excluding hydrogens is 282 g/mol. The van der Waals surface area contributed by atoms with Gasteiger partial charge in [-0.25, -0.2) is 4.98 Å². The van der Waals surface area contributed by atoms with Crippen molar-refractivity contribution in [3.8, 4) is 5.88 Å². The molecule has 0 aromatic carbocycles. The predicted molar refractivity (Wildman–Crippen MR) is 73.4 cm³/mol. The second-order valence-corrected chi connectivity index (χ2v) is 4.91. The molecule has 5 heteroatoms. The predicted octanol–water partition coefficient (Wildman–Crippen LogP) is 3.48. The first kappa shape index (κ1) is 14.2. The summed E-state index contributed by atoms with van der Waals surface area (Å²) in [6.45, 7) is 6.57. The zero-order chi connectivity index (χ0) is 12.8. The third-order valence-corrected chi connectivity index (χ3v) is 3.56. The van der Waals surface area contributed by atoms with E-state index in [1.165, 1.54) is 0 Å². The summed E-state index contributed by atoms with van der Waals surface area (Å²) in [6.07, 6.45) is 4.00. The standard InChI is InChI=1S/C12H20BrN3O/c1-5-9(6-2)8(3)15-12-14-7-10(13)11(16-12)17-4/h7-9H,5-6H2,1-4H3,(H,14,15,16). The number of hydrogen-bond donors (Lipinski definition) is 1. The van der Waals surface area contributed by atoms with Crippen LogP contribution < -0.4 is 10.1 Å². The molecule has 0 saturated heterocycles. The van der Waals surface area contributed by atoms with Crippen LogP contribution in [0.5, 0.6) is 5.88 Å². The fourth-order valence-corrected chi connectivity index (χ4v) is 2.23. The average molecular weight is 302 g/mol. The van der Waals surface area contributed by atoms with Crippen LogP contribution in [-0.4, -0.2) is 23.1 Å². The van der Waals surface area contributed by atoms with Gasteiger partial charge in [-0.05, 0) is 28.8 Å². The summed E-state index contributed by atoms with van der Waals surface area (Å²) in [5, 5.41) is 3.32. The van der Waals surface area contributed by atoms with Crippen molar-refractivity contribution >= 4 is 21.9 Å². The van der Waals surface area contributed by atoms with Gasteiger partial charge in [0.1, 0.15) is 0 Å². The minimum Gasteiger partial charge on any atom is -0.480 e. The van der Waals surface area contributed by atoms with Crippen LogP contribution in [-0.2, 0) is 0 Å². The highest BCUT2D eigenvalue weighted by molar-refractivity contribution is 9.10. The quantitative estimate of drug-likeness (QED) is 0.874. The average Bonchev–Trinajstić information content (AvgIpc) is 2.33. The van der Waals surface area contributed by atoms with E-state index in [-0.39, 0.29) is 0 Å². The SMILES string of the molecule is CCC(CC)C(C)Nc1ncc(Br)c(OC)n1. The lowest BCUT2D eigenvalue weighted by molar-refractivity contribution is 0.393. The van der Waals surface area contributed by atoms with Gasteiger partial charge < -0.3 is 10.1 Å². The second kappa shape index (κ2) is 6.79. The summed E-state index contributed by atoms with van der Waals surface area (Å²) in [7, 11) is 1.60. The van der Waals surface area contributed by atoms with E-state index in [1.54, 1.807) is 13.3 Å². The fourth-order valence-electron chi connectivity index (χ4n) is 1.88. The summed E-state index contributed by atoms with van der Waals surface area (Å²) >= 11 is 3.34. The van der Waals surface area contributed by atoms with E-state index in [1.807, 2.05) is 0 Å². The van der Waals surface area contributed by atoms with Crippen molar-refractivity contribution in [1.82, 2.24) is 9.97 Å². The lowest BCUT2D eigenvalue weighted by Crippen LogP contribution is -2.26. The summed E-state index contributed by atoms with van der Waals surface area (Å²) in [5.74, 6) is 1.80.